The fourth-order valence-corrected chi connectivity index (χ4v) is 1.48. The summed E-state index contributed by atoms with van der Waals surface area (Å²) >= 11 is 0. The maximum Gasteiger partial charge on any atom is 0.330 e. The predicted molar refractivity (Wildman–Crippen MR) is 48.9 cm³/mol. The molecule has 0 saturated carbocycles. The van der Waals surface area contributed by atoms with Gasteiger partial charge in [0, 0.05) is 23.9 Å². The molecule has 3 nitrogen and oxygen atoms in total. The van der Waals surface area contributed by atoms with Crippen molar-refractivity contribution in [2.24, 2.45) is 0 Å². The Balaban J connectivity index is 2.44. The Morgan fingerprint density at radius 3 is 3.00 bits per heavy atom. The van der Waals surface area contributed by atoms with Crippen LogP contribution in [0.25, 0.3) is 5.70 Å². The van der Waals surface area contributed by atoms with Crippen molar-refractivity contribution >= 4 is 11.7 Å². The second kappa shape index (κ2) is 2.94. The van der Waals surface area contributed by atoms with Crippen molar-refractivity contribution < 1.29 is 9.90 Å². The summed E-state index contributed by atoms with van der Waals surface area (Å²) in [7, 11) is 0. The van der Waals surface area contributed by atoms with Gasteiger partial charge in [0.05, 0.1) is 0 Å². The fourth-order valence-electron chi connectivity index (χ4n) is 1.48. The highest BCUT2D eigenvalue weighted by Gasteiger charge is 2.14. The number of carboxylic acids is 1. The van der Waals surface area contributed by atoms with Crippen molar-refractivity contribution in [3.05, 3.63) is 41.5 Å². The molecule has 0 saturated heterocycles. The lowest BCUT2D eigenvalue weighted by Gasteiger charge is -1.97. The van der Waals surface area contributed by atoms with Crippen molar-refractivity contribution in [2.45, 2.75) is 6.54 Å². The zero-order valence-electron chi connectivity index (χ0n) is 6.95. The SMILES string of the molecule is O=C(O)/C=C1\NCc2ccccc21. The van der Waals surface area contributed by atoms with Crippen LogP contribution in [-0.4, -0.2) is 11.1 Å². The third-order valence-corrected chi connectivity index (χ3v) is 2.04. The molecular weight excluding hydrogens is 166 g/mol. The molecule has 0 atom stereocenters. The van der Waals surface area contributed by atoms with Gasteiger partial charge < -0.3 is 10.4 Å². The summed E-state index contributed by atoms with van der Waals surface area (Å²) in [5, 5.41) is 11.6. The molecule has 0 amide bonds. The molecule has 1 aromatic rings. The van der Waals surface area contributed by atoms with Gasteiger partial charge >= 0.3 is 5.97 Å². The molecule has 2 N–H and O–H groups in total. The minimum atomic E-state index is -0.917. The first-order chi connectivity index (χ1) is 6.27. The lowest BCUT2D eigenvalue weighted by molar-refractivity contribution is -0.131. The van der Waals surface area contributed by atoms with Gasteiger partial charge in [-0.3, -0.25) is 0 Å². The fraction of sp³-hybridized carbons (Fsp3) is 0.100. The quantitative estimate of drug-likeness (QED) is 0.631. The first kappa shape index (κ1) is 7.86. The highest BCUT2D eigenvalue weighted by Crippen LogP contribution is 2.23. The molecule has 0 radical (unpaired) electrons. The molecule has 0 aromatic heterocycles. The Kier molecular flexibility index (Phi) is 1.77. The summed E-state index contributed by atoms with van der Waals surface area (Å²) in [4.78, 5) is 10.4. The van der Waals surface area contributed by atoms with E-state index in [1.54, 1.807) is 0 Å². The van der Waals surface area contributed by atoms with E-state index < -0.39 is 5.97 Å². The number of aliphatic carboxylic acids is 1. The first-order valence-electron chi connectivity index (χ1n) is 4.04. The normalized spacial score (nSPS) is 16.8. The van der Waals surface area contributed by atoms with Crippen LogP contribution in [0.4, 0.5) is 0 Å². The number of rotatable bonds is 1. The van der Waals surface area contributed by atoms with E-state index in [1.165, 1.54) is 6.08 Å². The number of fused-ring (bicyclic) bond motifs is 1. The van der Waals surface area contributed by atoms with Crippen molar-refractivity contribution in [1.82, 2.24) is 5.32 Å². The molecule has 0 aliphatic carbocycles. The maximum atomic E-state index is 10.4. The van der Waals surface area contributed by atoms with Gasteiger partial charge in [-0.1, -0.05) is 24.3 Å². The summed E-state index contributed by atoms with van der Waals surface area (Å²) in [5.41, 5.74) is 2.84. The monoisotopic (exact) mass is 175 g/mol. The van der Waals surface area contributed by atoms with Gasteiger partial charge in [0.2, 0.25) is 0 Å². The molecule has 0 spiro atoms. The molecule has 0 fully saturated rings. The lowest BCUT2D eigenvalue weighted by Crippen LogP contribution is -2.03. The molecule has 1 heterocycles. The van der Waals surface area contributed by atoms with Gasteiger partial charge in [0.25, 0.3) is 0 Å². The Morgan fingerprint density at radius 2 is 2.23 bits per heavy atom. The molecule has 1 aromatic carbocycles. The van der Waals surface area contributed by atoms with Crippen molar-refractivity contribution in [3.8, 4) is 0 Å². The highest BCUT2D eigenvalue weighted by molar-refractivity contribution is 5.90. The number of benzene rings is 1. The van der Waals surface area contributed by atoms with Crippen molar-refractivity contribution in [2.75, 3.05) is 0 Å². The maximum absolute atomic E-state index is 10.4. The molecular formula is C10H9NO2. The van der Waals surface area contributed by atoms with E-state index in [1.807, 2.05) is 24.3 Å². The van der Waals surface area contributed by atoms with E-state index in [9.17, 15) is 4.79 Å². The molecule has 0 unspecified atom stereocenters. The summed E-state index contributed by atoms with van der Waals surface area (Å²) in [6.07, 6.45) is 1.20. The van der Waals surface area contributed by atoms with Gasteiger partial charge in [0.1, 0.15) is 0 Å². The van der Waals surface area contributed by atoms with Crippen LogP contribution in [-0.2, 0) is 11.3 Å². The lowest BCUT2D eigenvalue weighted by atomic mass is 10.1. The van der Waals surface area contributed by atoms with E-state index in [0.717, 1.165) is 17.7 Å². The van der Waals surface area contributed by atoms with E-state index in [0.29, 0.717) is 5.70 Å². The smallest absolute Gasteiger partial charge is 0.330 e. The molecule has 1 aliphatic rings. The van der Waals surface area contributed by atoms with Gasteiger partial charge in [-0.05, 0) is 5.56 Å². The van der Waals surface area contributed by atoms with E-state index >= 15 is 0 Å². The molecule has 1 aliphatic heterocycles. The molecule has 2 rings (SSSR count). The molecule has 13 heavy (non-hydrogen) atoms. The summed E-state index contributed by atoms with van der Waals surface area (Å²) in [6.45, 7) is 0.718. The van der Waals surface area contributed by atoms with Crippen LogP contribution in [0.3, 0.4) is 0 Å². The van der Waals surface area contributed by atoms with Crippen LogP contribution in [0, 0.1) is 0 Å². The number of hydrogen-bond donors (Lipinski definition) is 2. The minimum absolute atomic E-state index is 0.697. The number of hydrogen-bond acceptors (Lipinski definition) is 2. The molecule has 66 valence electrons. The predicted octanol–water partition coefficient (Wildman–Crippen LogP) is 1.22. The average molecular weight is 175 g/mol. The second-order valence-corrected chi connectivity index (χ2v) is 2.91. The molecule has 0 bridgehead atoms. The van der Waals surface area contributed by atoms with E-state index in [4.69, 9.17) is 5.11 Å². The van der Waals surface area contributed by atoms with Crippen molar-refractivity contribution in [3.63, 3.8) is 0 Å². The Labute approximate surface area is 75.7 Å². The van der Waals surface area contributed by atoms with Crippen LogP contribution in [0.2, 0.25) is 0 Å². The Hall–Kier alpha value is -1.77. The van der Waals surface area contributed by atoms with Gasteiger partial charge in [-0.25, -0.2) is 4.79 Å². The Morgan fingerprint density at radius 1 is 1.46 bits per heavy atom. The largest absolute Gasteiger partial charge is 0.478 e. The minimum Gasteiger partial charge on any atom is -0.478 e. The van der Waals surface area contributed by atoms with Gasteiger partial charge in [-0.2, -0.15) is 0 Å². The van der Waals surface area contributed by atoms with Crippen LogP contribution in [0.1, 0.15) is 11.1 Å². The van der Waals surface area contributed by atoms with Crippen LogP contribution in [0.5, 0.6) is 0 Å². The number of carbonyl (C=O) groups is 1. The van der Waals surface area contributed by atoms with E-state index in [2.05, 4.69) is 5.32 Å². The van der Waals surface area contributed by atoms with Gasteiger partial charge in [-0.15, -0.1) is 0 Å². The summed E-state index contributed by atoms with van der Waals surface area (Å²) < 4.78 is 0. The standard InChI is InChI=1S/C10H9NO2/c12-10(13)5-9-8-4-2-1-3-7(8)6-11-9/h1-5,11H,6H2,(H,12,13)/b9-5-. The molecule has 3 heteroatoms. The number of carboxylic acid groups (broad SMARTS) is 1. The zero-order chi connectivity index (χ0) is 9.26. The van der Waals surface area contributed by atoms with Gasteiger partial charge in [0.15, 0.2) is 0 Å². The Bertz CT molecular complexity index is 382. The second-order valence-electron chi connectivity index (χ2n) is 2.91. The first-order valence-corrected chi connectivity index (χ1v) is 4.04. The van der Waals surface area contributed by atoms with Crippen LogP contribution < -0.4 is 5.32 Å². The summed E-state index contributed by atoms with van der Waals surface area (Å²) in [6, 6.07) is 7.76. The summed E-state index contributed by atoms with van der Waals surface area (Å²) in [5.74, 6) is -0.917. The third kappa shape index (κ3) is 1.40. The topological polar surface area (TPSA) is 49.3 Å². The highest BCUT2D eigenvalue weighted by atomic mass is 16.4. The van der Waals surface area contributed by atoms with Crippen LogP contribution in [0.15, 0.2) is 30.3 Å². The van der Waals surface area contributed by atoms with Crippen molar-refractivity contribution in [1.29, 1.82) is 0 Å². The van der Waals surface area contributed by atoms with E-state index in [-0.39, 0.29) is 0 Å². The third-order valence-electron chi connectivity index (χ3n) is 2.04. The average Bonchev–Trinajstić information content (AvgIpc) is 2.48. The number of nitrogens with one attached hydrogen (secondary N) is 1. The zero-order valence-corrected chi connectivity index (χ0v) is 6.95. The van der Waals surface area contributed by atoms with Crippen LogP contribution >= 0.6 is 0 Å².